The van der Waals surface area contributed by atoms with Crippen LogP contribution < -0.4 is 4.74 Å². The van der Waals surface area contributed by atoms with E-state index in [-0.39, 0.29) is 0 Å². The van der Waals surface area contributed by atoms with E-state index >= 15 is 0 Å². The Morgan fingerprint density at radius 1 is 0.909 bits per heavy atom. The zero-order valence-electron chi connectivity index (χ0n) is 12.3. The summed E-state index contributed by atoms with van der Waals surface area (Å²) in [6, 6.07) is 18.0. The van der Waals surface area contributed by atoms with Gasteiger partial charge in [-0.15, -0.1) is 0 Å². The molecule has 3 heteroatoms. The number of nitrogens with zero attached hydrogens (tertiary/aromatic N) is 2. The molecule has 3 nitrogen and oxygen atoms in total. The van der Waals surface area contributed by atoms with Crippen LogP contribution in [0, 0.1) is 0 Å². The molecule has 1 heterocycles. The van der Waals surface area contributed by atoms with Crippen LogP contribution in [0.2, 0.25) is 0 Å². The van der Waals surface area contributed by atoms with Crippen LogP contribution in [0.5, 0.6) is 11.5 Å². The molecule has 0 fully saturated rings. The van der Waals surface area contributed by atoms with Crippen LogP contribution in [0.15, 0.2) is 85.5 Å². The van der Waals surface area contributed by atoms with Gasteiger partial charge in [0, 0.05) is 18.9 Å². The molecule has 3 rings (SSSR count). The maximum atomic E-state index is 5.78. The van der Waals surface area contributed by atoms with Gasteiger partial charge in [0.05, 0.1) is 6.33 Å². The third-order valence-corrected chi connectivity index (χ3v) is 3.30. The summed E-state index contributed by atoms with van der Waals surface area (Å²) in [5.41, 5.74) is 1.27. The molecule has 0 aliphatic carbocycles. The average Bonchev–Trinajstić information content (AvgIpc) is 3.07. The molecule has 0 aliphatic heterocycles. The van der Waals surface area contributed by atoms with Crippen LogP contribution in [0.1, 0.15) is 5.56 Å². The van der Waals surface area contributed by atoms with Crippen LogP contribution in [-0.4, -0.2) is 9.55 Å². The first-order valence-electron chi connectivity index (χ1n) is 7.33. The molecule has 3 aromatic rings. The maximum absolute atomic E-state index is 5.78. The second-order valence-electron chi connectivity index (χ2n) is 4.99. The highest BCUT2D eigenvalue weighted by Gasteiger charge is 1.96. The summed E-state index contributed by atoms with van der Waals surface area (Å²) in [7, 11) is 0. The number of allylic oxidation sites excluding steroid dienone is 2. The molecular weight excluding hydrogens is 272 g/mol. The summed E-state index contributed by atoms with van der Waals surface area (Å²) in [4.78, 5) is 4.02. The van der Waals surface area contributed by atoms with Gasteiger partial charge in [0.2, 0.25) is 0 Å². The second kappa shape index (κ2) is 7.27. The van der Waals surface area contributed by atoms with E-state index in [4.69, 9.17) is 4.74 Å². The fourth-order valence-electron chi connectivity index (χ4n) is 2.13. The van der Waals surface area contributed by atoms with Gasteiger partial charge >= 0.3 is 0 Å². The summed E-state index contributed by atoms with van der Waals surface area (Å²) in [6.07, 6.45) is 10.8. The lowest BCUT2D eigenvalue weighted by Crippen LogP contribution is -1.90. The Morgan fingerprint density at radius 2 is 1.68 bits per heavy atom. The maximum Gasteiger partial charge on any atom is 0.127 e. The second-order valence-corrected chi connectivity index (χ2v) is 4.99. The van der Waals surface area contributed by atoms with E-state index in [1.807, 2.05) is 59.6 Å². The van der Waals surface area contributed by atoms with E-state index in [0.29, 0.717) is 0 Å². The molecule has 0 aliphatic rings. The largest absolute Gasteiger partial charge is 0.457 e. The van der Waals surface area contributed by atoms with Crippen molar-refractivity contribution in [3.05, 3.63) is 91.0 Å². The van der Waals surface area contributed by atoms with Gasteiger partial charge in [-0.3, -0.25) is 0 Å². The number of hydrogen-bond donors (Lipinski definition) is 0. The van der Waals surface area contributed by atoms with Crippen LogP contribution in [-0.2, 0) is 13.0 Å². The van der Waals surface area contributed by atoms with E-state index in [0.717, 1.165) is 24.5 Å². The lowest BCUT2D eigenvalue weighted by Gasteiger charge is -2.05. The number of aromatic nitrogens is 2. The van der Waals surface area contributed by atoms with Crippen molar-refractivity contribution >= 4 is 0 Å². The topological polar surface area (TPSA) is 27.1 Å². The van der Waals surface area contributed by atoms with E-state index in [1.165, 1.54) is 5.56 Å². The smallest absolute Gasteiger partial charge is 0.127 e. The fraction of sp³-hybridized carbons (Fsp3) is 0.105. The number of benzene rings is 2. The monoisotopic (exact) mass is 290 g/mol. The first-order valence-corrected chi connectivity index (χ1v) is 7.33. The Morgan fingerprint density at radius 3 is 2.41 bits per heavy atom. The van der Waals surface area contributed by atoms with Gasteiger partial charge in [0.1, 0.15) is 11.5 Å². The van der Waals surface area contributed by atoms with Crippen LogP contribution in [0.3, 0.4) is 0 Å². The fourth-order valence-corrected chi connectivity index (χ4v) is 2.13. The minimum absolute atomic E-state index is 0.856. The Kier molecular flexibility index (Phi) is 4.67. The summed E-state index contributed by atoms with van der Waals surface area (Å²) >= 11 is 0. The van der Waals surface area contributed by atoms with Crippen LogP contribution >= 0.6 is 0 Å². The normalized spacial score (nSPS) is 10.9. The molecule has 22 heavy (non-hydrogen) atoms. The molecule has 0 saturated carbocycles. The Hall–Kier alpha value is -2.81. The molecule has 0 unspecified atom stereocenters. The molecule has 0 atom stereocenters. The van der Waals surface area contributed by atoms with Crippen molar-refractivity contribution in [2.45, 2.75) is 13.0 Å². The number of hydrogen-bond acceptors (Lipinski definition) is 2. The van der Waals surface area contributed by atoms with E-state index in [9.17, 15) is 0 Å². The summed E-state index contributed by atoms with van der Waals surface area (Å²) < 4.78 is 7.81. The van der Waals surface area contributed by atoms with Gasteiger partial charge in [-0.1, -0.05) is 42.5 Å². The van der Waals surface area contributed by atoms with Gasteiger partial charge in [0.15, 0.2) is 0 Å². The number of imidazole rings is 1. The predicted molar refractivity (Wildman–Crippen MR) is 88.0 cm³/mol. The molecule has 1 aromatic heterocycles. The average molecular weight is 290 g/mol. The van der Waals surface area contributed by atoms with Crippen LogP contribution in [0.4, 0.5) is 0 Å². The van der Waals surface area contributed by atoms with Crippen molar-refractivity contribution in [3.8, 4) is 11.5 Å². The van der Waals surface area contributed by atoms with E-state index in [2.05, 4.69) is 29.3 Å². The highest BCUT2D eigenvalue weighted by Crippen LogP contribution is 2.21. The van der Waals surface area contributed by atoms with Gasteiger partial charge in [-0.25, -0.2) is 4.98 Å². The van der Waals surface area contributed by atoms with E-state index in [1.54, 1.807) is 6.20 Å². The summed E-state index contributed by atoms with van der Waals surface area (Å²) in [6.45, 7) is 0.856. The van der Waals surface area contributed by atoms with Crippen LogP contribution in [0.25, 0.3) is 0 Å². The van der Waals surface area contributed by atoms with Crippen molar-refractivity contribution in [1.29, 1.82) is 0 Å². The molecule has 0 spiro atoms. The Bertz CT molecular complexity index is 701. The first-order chi connectivity index (χ1) is 10.9. The summed E-state index contributed by atoms with van der Waals surface area (Å²) in [5, 5.41) is 0. The standard InChI is InChI=1S/C19H18N2O/c1-2-7-18(8-3-1)22-19-11-9-17(10-12-19)6-4-5-14-21-15-13-20-16-21/h1-5,7-13,15-16H,6,14H2. The third kappa shape index (κ3) is 4.09. The zero-order valence-corrected chi connectivity index (χ0v) is 12.3. The lowest BCUT2D eigenvalue weighted by atomic mass is 10.1. The number of para-hydroxylation sites is 1. The minimum Gasteiger partial charge on any atom is -0.457 e. The number of ether oxygens (including phenoxy) is 1. The zero-order chi connectivity index (χ0) is 15.0. The van der Waals surface area contributed by atoms with Gasteiger partial charge in [-0.2, -0.15) is 0 Å². The molecule has 0 N–H and O–H groups in total. The summed E-state index contributed by atoms with van der Waals surface area (Å²) in [5.74, 6) is 1.72. The first kappa shape index (κ1) is 14.1. The van der Waals surface area contributed by atoms with Crippen molar-refractivity contribution < 1.29 is 4.74 Å². The Labute approximate surface area is 130 Å². The Balaban J connectivity index is 1.52. The molecule has 2 aromatic carbocycles. The minimum atomic E-state index is 0.856. The van der Waals surface area contributed by atoms with Crippen molar-refractivity contribution in [1.82, 2.24) is 9.55 Å². The van der Waals surface area contributed by atoms with Crippen molar-refractivity contribution in [2.75, 3.05) is 0 Å². The quantitative estimate of drug-likeness (QED) is 0.626. The number of rotatable bonds is 6. The third-order valence-electron chi connectivity index (χ3n) is 3.30. The highest BCUT2D eigenvalue weighted by molar-refractivity contribution is 5.33. The molecule has 0 radical (unpaired) electrons. The van der Waals surface area contributed by atoms with Crippen molar-refractivity contribution in [3.63, 3.8) is 0 Å². The highest BCUT2D eigenvalue weighted by atomic mass is 16.5. The molecule has 110 valence electrons. The van der Waals surface area contributed by atoms with Crippen molar-refractivity contribution in [2.24, 2.45) is 0 Å². The van der Waals surface area contributed by atoms with Gasteiger partial charge in [0.25, 0.3) is 0 Å². The lowest BCUT2D eigenvalue weighted by molar-refractivity contribution is 0.482. The molecular formula is C19H18N2O. The molecule has 0 bridgehead atoms. The predicted octanol–water partition coefficient (Wildman–Crippen LogP) is 4.47. The molecule has 0 amide bonds. The van der Waals surface area contributed by atoms with E-state index < -0.39 is 0 Å². The SMILES string of the molecule is C(=CCn1ccnc1)Cc1ccc(Oc2ccccc2)cc1. The molecule has 0 saturated heterocycles. The van der Waals surface area contributed by atoms with Gasteiger partial charge < -0.3 is 9.30 Å². The van der Waals surface area contributed by atoms with Gasteiger partial charge in [-0.05, 0) is 36.2 Å².